The Balaban J connectivity index is 3.06. The lowest BCUT2D eigenvalue weighted by Gasteiger charge is -2.14. The van der Waals surface area contributed by atoms with Gasteiger partial charge in [0.15, 0.2) is 0 Å². The van der Waals surface area contributed by atoms with E-state index in [1.807, 2.05) is 0 Å². The van der Waals surface area contributed by atoms with Gasteiger partial charge in [0.05, 0.1) is 0 Å². The maximum absolute atomic E-state index is 2.35. The number of nitrogens with zero attached hydrogens (tertiary/aromatic N) is 1. The van der Waals surface area contributed by atoms with Crippen molar-refractivity contribution in [2.24, 2.45) is 5.92 Å². The van der Waals surface area contributed by atoms with E-state index in [0.29, 0.717) is 0 Å². The molecule has 0 radical (unpaired) electrons. The van der Waals surface area contributed by atoms with E-state index in [0.717, 1.165) is 5.92 Å². The van der Waals surface area contributed by atoms with E-state index >= 15 is 0 Å². The second-order valence-corrected chi connectivity index (χ2v) is 3.08. The van der Waals surface area contributed by atoms with Gasteiger partial charge in [0.1, 0.15) is 0 Å². The van der Waals surface area contributed by atoms with Crippen LogP contribution in [0.25, 0.3) is 0 Å². The van der Waals surface area contributed by atoms with Crippen molar-refractivity contribution in [2.75, 3.05) is 20.1 Å². The molecule has 0 aromatic carbocycles. The van der Waals surface area contributed by atoms with Crippen molar-refractivity contribution in [1.82, 2.24) is 4.90 Å². The highest BCUT2D eigenvalue weighted by molar-refractivity contribution is 4.50. The molecule has 0 aliphatic rings. The molecule has 0 rings (SSSR count). The third-order valence-corrected chi connectivity index (χ3v) is 1.63. The van der Waals surface area contributed by atoms with Gasteiger partial charge in [0.25, 0.3) is 0 Å². The van der Waals surface area contributed by atoms with Gasteiger partial charge in [-0.25, -0.2) is 0 Å². The van der Waals surface area contributed by atoms with E-state index in [1.165, 1.54) is 19.5 Å². The van der Waals surface area contributed by atoms with E-state index in [1.54, 1.807) is 0 Å². The molecule has 0 aromatic heterocycles. The first-order chi connectivity index (χ1) is 4.16. The summed E-state index contributed by atoms with van der Waals surface area (Å²) >= 11 is 0. The van der Waals surface area contributed by atoms with Crippen LogP contribution in [0.1, 0.15) is 27.2 Å². The predicted molar refractivity (Wildman–Crippen MR) is 42.6 cm³/mol. The van der Waals surface area contributed by atoms with Crippen LogP contribution in [0.3, 0.4) is 0 Å². The third kappa shape index (κ3) is 5.84. The Morgan fingerprint density at radius 3 is 2.22 bits per heavy atom. The fraction of sp³-hybridized carbons (Fsp3) is 1.00. The Bertz CT molecular complexity index is 59.6. The van der Waals surface area contributed by atoms with E-state index in [9.17, 15) is 0 Å². The van der Waals surface area contributed by atoms with E-state index in [-0.39, 0.29) is 0 Å². The minimum atomic E-state index is 0.846. The highest BCUT2D eigenvalue weighted by Crippen LogP contribution is 1.99. The van der Waals surface area contributed by atoms with Crippen LogP contribution in [0.5, 0.6) is 0 Å². The topological polar surface area (TPSA) is 3.24 Å². The van der Waals surface area contributed by atoms with Crippen molar-refractivity contribution in [2.45, 2.75) is 27.2 Å². The fourth-order valence-corrected chi connectivity index (χ4v) is 0.637. The van der Waals surface area contributed by atoms with Gasteiger partial charge < -0.3 is 4.90 Å². The predicted octanol–water partition coefficient (Wildman–Crippen LogP) is 1.98. The Morgan fingerprint density at radius 1 is 1.33 bits per heavy atom. The Morgan fingerprint density at radius 2 is 1.89 bits per heavy atom. The Labute approximate surface area is 59.1 Å². The van der Waals surface area contributed by atoms with Crippen molar-refractivity contribution in [3.8, 4) is 0 Å². The zero-order chi connectivity index (χ0) is 7.28. The average molecular weight is 129 g/mol. The zero-order valence-electron chi connectivity index (χ0n) is 7.15. The molecule has 1 heteroatoms. The van der Waals surface area contributed by atoms with Crippen molar-refractivity contribution in [1.29, 1.82) is 0 Å². The summed E-state index contributed by atoms with van der Waals surface area (Å²) in [4.78, 5) is 2.35. The SMILES string of the molecule is CCN(C)CCC(C)C. The standard InChI is InChI=1S/C8H19N/c1-5-9(4)7-6-8(2)3/h8H,5-7H2,1-4H3. The summed E-state index contributed by atoms with van der Waals surface area (Å²) in [6.07, 6.45) is 1.32. The number of hydrogen-bond acceptors (Lipinski definition) is 1. The van der Waals surface area contributed by atoms with Gasteiger partial charge in [-0.15, -0.1) is 0 Å². The van der Waals surface area contributed by atoms with E-state index in [2.05, 4.69) is 32.7 Å². The molecule has 56 valence electrons. The van der Waals surface area contributed by atoms with Crippen LogP contribution in [-0.2, 0) is 0 Å². The van der Waals surface area contributed by atoms with E-state index < -0.39 is 0 Å². The highest BCUT2D eigenvalue weighted by Gasteiger charge is 1.96. The molecule has 0 aliphatic carbocycles. The summed E-state index contributed by atoms with van der Waals surface area (Å²) in [5.41, 5.74) is 0. The molecule has 0 amide bonds. The monoisotopic (exact) mass is 129 g/mol. The number of hydrogen-bond donors (Lipinski definition) is 0. The molecule has 0 N–H and O–H groups in total. The molecule has 0 aromatic rings. The van der Waals surface area contributed by atoms with Gasteiger partial charge in [-0.3, -0.25) is 0 Å². The largest absolute Gasteiger partial charge is 0.307 e. The number of rotatable bonds is 4. The molecular formula is C8H19N. The van der Waals surface area contributed by atoms with Crippen molar-refractivity contribution >= 4 is 0 Å². The smallest absolute Gasteiger partial charge is 0.00195 e. The summed E-state index contributed by atoms with van der Waals surface area (Å²) in [7, 11) is 2.17. The van der Waals surface area contributed by atoms with Crippen LogP contribution in [-0.4, -0.2) is 25.0 Å². The van der Waals surface area contributed by atoms with Gasteiger partial charge in [-0.2, -0.15) is 0 Å². The molecule has 0 spiro atoms. The van der Waals surface area contributed by atoms with Crippen molar-refractivity contribution in [3.05, 3.63) is 0 Å². The zero-order valence-corrected chi connectivity index (χ0v) is 7.15. The lowest BCUT2D eigenvalue weighted by molar-refractivity contribution is 0.326. The molecule has 0 unspecified atom stereocenters. The molecule has 0 bridgehead atoms. The summed E-state index contributed by atoms with van der Waals surface area (Å²) in [5.74, 6) is 0.846. The Kier molecular flexibility index (Phi) is 4.78. The van der Waals surface area contributed by atoms with E-state index in [4.69, 9.17) is 0 Å². The van der Waals surface area contributed by atoms with Crippen molar-refractivity contribution < 1.29 is 0 Å². The van der Waals surface area contributed by atoms with Crippen LogP contribution in [0.4, 0.5) is 0 Å². The molecule has 1 nitrogen and oxygen atoms in total. The summed E-state index contributed by atoms with van der Waals surface area (Å²) in [6.45, 7) is 9.15. The maximum atomic E-state index is 2.35. The lowest BCUT2D eigenvalue weighted by Crippen LogP contribution is -2.19. The summed E-state index contributed by atoms with van der Waals surface area (Å²) < 4.78 is 0. The van der Waals surface area contributed by atoms with Crippen LogP contribution in [0.15, 0.2) is 0 Å². The van der Waals surface area contributed by atoms with Crippen LogP contribution < -0.4 is 0 Å². The van der Waals surface area contributed by atoms with Crippen LogP contribution >= 0.6 is 0 Å². The first-order valence-corrected chi connectivity index (χ1v) is 3.85. The minimum Gasteiger partial charge on any atom is -0.307 e. The van der Waals surface area contributed by atoms with Crippen molar-refractivity contribution in [3.63, 3.8) is 0 Å². The third-order valence-electron chi connectivity index (χ3n) is 1.63. The average Bonchev–Trinajstić information content (AvgIpc) is 1.83. The normalized spacial score (nSPS) is 11.3. The van der Waals surface area contributed by atoms with Gasteiger partial charge in [0.2, 0.25) is 0 Å². The quantitative estimate of drug-likeness (QED) is 0.561. The summed E-state index contributed by atoms with van der Waals surface area (Å²) in [6, 6.07) is 0. The van der Waals surface area contributed by atoms with Gasteiger partial charge in [0, 0.05) is 0 Å². The summed E-state index contributed by atoms with van der Waals surface area (Å²) in [5, 5.41) is 0. The maximum Gasteiger partial charge on any atom is -0.00195 e. The molecule has 0 saturated carbocycles. The second kappa shape index (κ2) is 4.80. The first-order valence-electron chi connectivity index (χ1n) is 3.85. The van der Waals surface area contributed by atoms with Crippen LogP contribution in [0, 0.1) is 5.92 Å². The molecule has 0 atom stereocenters. The molecule has 0 fully saturated rings. The molecule has 0 heterocycles. The minimum absolute atomic E-state index is 0.846. The van der Waals surface area contributed by atoms with Gasteiger partial charge in [-0.1, -0.05) is 20.8 Å². The highest BCUT2D eigenvalue weighted by atomic mass is 15.1. The second-order valence-electron chi connectivity index (χ2n) is 3.08. The molecular weight excluding hydrogens is 110 g/mol. The fourth-order valence-electron chi connectivity index (χ4n) is 0.637. The Hall–Kier alpha value is -0.0400. The van der Waals surface area contributed by atoms with Gasteiger partial charge in [-0.05, 0) is 32.5 Å². The molecule has 0 aliphatic heterocycles. The lowest BCUT2D eigenvalue weighted by atomic mass is 10.1. The van der Waals surface area contributed by atoms with Crippen LogP contribution in [0.2, 0.25) is 0 Å². The first kappa shape index (κ1) is 8.96. The molecule has 9 heavy (non-hydrogen) atoms. The van der Waals surface area contributed by atoms with Gasteiger partial charge >= 0.3 is 0 Å². The molecule has 0 saturated heterocycles.